The van der Waals surface area contributed by atoms with Gasteiger partial charge in [-0.3, -0.25) is 4.90 Å². The molecule has 1 aromatic carbocycles. The molecule has 106 valence electrons. The van der Waals surface area contributed by atoms with Crippen LogP contribution in [-0.2, 0) is 0 Å². The predicted octanol–water partition coefficient (Wildman–Crippen LogP) is 3.72. The van der Waals surface area contributed by atoms with E-state index in [2.05, 4.69) is 47.9 Å². The maximum atomic E-state index is 2.61. The minimum Gasteiger partial charge on any atom is -0.368 e. The minimum atomic E-state index is 1.15. The number of benzene rings is 1. The van der Waals surface area contributed by atoms with Gasteiger partial charge in [-0.05, 0) is 30.9 Å². The maximum Gasteiger partial charge on any atom is 0.0505 e. The van der Waals surface area contributed by atoms with Gasteiger partial charge in [0.2, 0.25) is 0 Å². The average molecular weight is 278 g/mol. The lowest BCUT2D eigenvalue weighted by Gasteiger charge is -2.36. The Kier molecular flexibility index (Phi) is 6.05. The first-order valence-corrected chi connectivity index (χ1v) is 8.52. The van der Waals surface area contributed by atoms with Gasteiger partial charge >= 0.3 is 0 Å². The lowest BCUT2D eigenvalue weighted by Crippen LogP contribution is -2.46. The van der Waals surface area contributed by atoms with Crippen LogP contribution in [0.4, 0.5) is 5.69 Å². The molecule has 0 saturated carbocycles. The molecule has 0 atom stereocenters. The highest BCUT2D eigenvalue weighted by atomic mass is 32.2. The summed E-state index contributed by atoms with van der Waals surface area (Å²) in [5.74, 6) is 1.15. The van der Waals surface area contributed by atoms with Crippen molar-refractivity contribution in [3.05, 3.63) is 24.3 Å². The zero-order valence-corrected chi connectivity index (χ0v) is 13.1. The Morgan fingerprint density at radius 2 is 1.79 bits per heavy atom. The van der Waals surface area contributed by atoms with Crippen LogP contribution < -0.4 is 4.90 Å². The third kappa shape index (κ3) is 4.15. The van der Waals surface area contributed by atoms with E-state index in [0.29, 0.717) is 0 Å². The number of hydrogen-bond donors (Lipinski definition) is 0. The summed E-state index contributed by atoms with van der Waals surface area (Å²) in [6.07, 6.45) is 2.64. The predicted molar refractivity (Wildman–Crippen MR) is 86.4 cm³/mol. The van der Waals surface area contributed by atoms with E-state index >= 15 is 0 Å². The molecule has 0 N–H and O–H groups in total. The number of hydrogen-bond acceptors (Lipinski definition) is 3. The quantitative estimate of drug-likeness (QED) is 0.732. The second kappa shape index (κ2) is 7.81. The lowest BCUT2D eigenvalue weighted by molar-refractivity contribution is 0.254. The van der Waals surface area contributed by atoms with Crippen molar-refractivity contribution in [2.45, 2.75) is 31.6 Å². The van der Waals surface area contributed by atoms with Crippen molar-refractivity contribution in [3.63, 3.8) is 0 Å². The summed E-state index contributed by atoms with van der Waals surface area (Å²) in [5.41, 5.74) is 1.43. The van der Waals surface area contributed by atoms with Gasteiger partial charge in [0, 0.05) is 31.1 Å². The van der Waals surface area contributed by atoms with Gasteiger partial charge < -0.3 is 4.90 Å². The van der Waals surface area contributed by atoms with Crippen molar-refractivity contribution < 1.29 is 0 Å². The van der Waals surface area contributed by atoms with E-state index in [1.807, 2.05) is 11.8 Å². The van der Waals surface area contributed by atoms with Gasteiger partial charge in [-0.15, -0.1) is 11.8 Å². The Morgan fingerprint density at radius 1 is 1.05 bits per heavy atom. The maximum absolute atomic E-state index is 2.61. The van der Waals surface area contributed by atoms with Gasteiger partial charge in [-0.1, -0.05) is 32.4 Å². The Bertz CT molecular complexity index is 373. The number of piperazine rings is 1. The number of thioether (sulfide) groups is 1. The molecule has 0 bridgehead atoms. The van der Waals surface area contributed by atoms with E-state index in [1.54, 1.807) is 0 Å². The highest BCUT2D eigenvalue weighted by Crippen LogP contribution is 2.30. The van der Waals surface area contributed by atoms with Crippen molar-refractivity contribution in [3.8, 4) is 0 Å². The average Bonchev–Trinajstić information content (AvgIpc) is 2.47. The second-order valence-electron chi connectivity index (χ2n) is 5.08. The van der Waals surface area contributed by atoms with Crippen molar-refractivity contribution in [2.24, 2.45) is 0 Å². The number of anilines is 1. The fourth-order valence-electron chi connectivity index (χ4n) is 2.59. The standard InChI is InChI=1S/C16H26N2S/c1-3-5-10-17-11-13-18(14-12-17)15-8-6-7-9-16(15)19-4-2/h6-9H,3-5,10-14H2,1-2H3. The molecule has 0 unspecified atom stereocenters. The Balaban J connectivity index is 1.93. The fraction of sp³-hybridized carbons (Fsp3) is 0.625. The van der Waals surface area contributed by atoms with Crippen molar-refractivity contribution in [2.75, 3.05) is 43.4 Å². The first-order valence-electron chi connectivity index (χ1n) is 7.54. The molecule has 1 heterocycles. The Morgan fingerprint density at radius 3 is 2.47 bits per heavy atom. The minimum absolute atomic E-state index is 1.15. The molecule has 3 heteroatoms. The lowest BCUT2D eigenvalue weighted by atomic mass is 10.2. The summed E-state index contributed by atoms with van der Waals surface area (Å²) in [7, 11) is 0. The molecule has 1 aromatic rings. The highest BCUT2D eigenvalue weighted by Gasteiger charge is 2.18. The summed E-state index contributed by atoms with van der Waals surface area (Å²) in [4.78, 5) is 6.60. The van der Waals surface area contributed by atoms with Gasteiger partial charge in [0.15, 0.2) is 0 Å². The molecular weight excluding hydrogens is 252 g/mol. The molecular formula is C16H26N2S. The zero-order valence-electron chi connectivity index (χ0n) is 12.3. The van der Waals surface area contributed by atoms with Gasteiger partial charge in [-0.2, -0.15) is 0 Å². The van der Waals surface area contributed by atoms with Crippen LogP contribution in [0.15, 0.2) is 29.2 Å². The van der Waals surface area contributed by atoms with Crippen LogP contribution in [0.3, 0.4) is 0 Å². The van der Waals surface area contributed by atoms with Crippen molar-refractivity contribution in [1.29, 1.82) is 0 Å². The smallest absolute Gasteiger partial charge is 0.0505 e. The van der Waals surface area contributed by atoms with Crippen LogP contribution in [0.5, 0.6) is 0 Å². The summed E-state index contributed by atoms with van der Waals surface area (Å²) in [6, 6.07) is 8.85. The summed E-state index contributed by atoms with van der Waals surface area (Å²) < 4.78 is 0. The van der Waals surface area contributed by atoms with E-state index in [-0.39, 0.29) is 0 Å². The third-order valence-electron chi connectivity index (χ3n) is 3.71. The molecule has 1 saturated heterocycles. The molecule has 0 aromatic heterocycles. The van der Waals surface area contributed by atoms with Crippen LogP contribution >= 0.6 is 11.8 Å². The Hall–Kier alpha value is -0.670. The molecule has 0 amide bonds. The van der Waals surface area contributed by atoms with Crippen LogP contribution in [0, 0.1) is 0 Å². The number of para-hydroxylation sites is 1. The molecule has 0 spiro atoms. The van der Waals surface area contributed by atoms with Gasteiger partial charge in [0.25, 0.3) is 0 Å². The van der Waals surface area contributed by atoms with Crippen LogP contribution in [0.2, 0.25) is 0 Å². The molecule has 1 fully saturated rings. The largest absolute Gasteiger partial charge is 0.368 e. The van der Waals surface area contributed by atoms with E-state index in [9.17, 15) is 0 Å². The van der Waals surface area contributed by atoms with Gasteiger partial charge in [0.05, 0.1) is 5.69 Å². The fourth-order valence-corrected chi connectivity index (χ4v) is 3.42. The SMILES string of the molecule is CCCCN1CCN(c2ccccc2SCC)CC1. The Labute approximate surface area is 122 Å². The van der Waals surface area contributed by atoms with E-state index in [0.717, 1.165) is 5.75 Å². The number of unbranched alkanes of at least 4 members (excludes halogenated alkanes) is 1. The van der Waals surface area contributed by atoms with Crippen LogP contribution in [0.25, 0.3) is 0 Å². The third-order valence-corrected chi connectivity index (χ3v) is 4.65. The summed E-state index contributed by atoms with van der Waals surface area (Å²) in [6.45, 7) is 10.5. The van der Waals surface area contributed by atoms with E-state index in [4.69, 9.17) is 0 Å². The molecule has 2 rings (SSSR count). The molecule has 2 nitrogen and oxygen atoms in total. The van der Waals surface area contributed by atoms with Gasteiger partial charge in [-0.25, -0.2) is 0 Å². The number of nitrogens with zero attached hydrogens (tertiary/aromatic N) is 2. The molecule has 19 heavy (non-hydrogen) atoms. The van der Waals surface area contributed by atoms with Crippen LogP contribution in [-0.4, -0.2) is 43.4 Å². The molecule has 0 radical (unpaired) electrons. The monoisotopic (exact) mass is 278 g/mol. The summed E-state index contributed by atoms with van der Waals surface area (Å²) >= 11 is 1.95. The molecule has 1 aliphatic rings. The highest BCUT2D eigenvalue weighted by molar-refractivity contribution is 7.99. The van der Waals surface area contributed by atoms with Crippen LogP contribution in [0.1, 0.15) is 26.7 Å². The first kappa shape index (κ1) is 14.7. The second-order valence-corrected chi connectivity index (χ2v) is 6.39. The van der Waals surface area contributed by atoms with Gasteiger partial charge in [0.1, 0.15) is 0 Å². The van der Waals surface area contributed by atoms with Crippen molar-refractivity contribution >= 4 is 17.4 Å². The molecule has 1 aliphatic heterocycles. The topological polar surface area (TPSA) is 6.48 Å². The van der Waals surface area contributed by atoms with E-state index in [1.165, 1.54) is 56.1 Å². The van der Waals surface area contributed by atoms with E-state index < -0.39 is 0 Å². The zero-order chi connectivity index (χ0) is 13.5. The molecule has 0 aliphatic carbocycles. The first-order chi connectivity index (χ1) is 9.35. The normalized spacial score (nSPS) is 16.8. The van der Waals surface area contributed by atoms with Crippen molar-refractivity contribution in [1.82, 2.24) is 4.90 Å². The number of rotatable bonds is 6. The summed E-state index contributed by atoms with van der Waals surface area (Å²) in [5, 5.41) is 0.